The van der Waals surface area contributed by atoms with Crippen LogP contribution in [0.1, 0.15) is 32.6 Å². The summed E-state index contributed by atoms with van der Waals surface area (Å²) in [5, 5.41) is 3.31. The van der Waals surface area contributed by atoms with Gasteiger partial charge in [0.15, 0.2) is 0 Å². The zero-order valence-corrected chi connectivity index (χ0v) is 10.5. The SMILES string of the molecule is CNC(C)CN(C)CC1CC2CCC1C2. The average Bonchev–Trinajstić information content (AvgIpc) is 2.78. The summed E-state index contributed by atoms with van der Waals surface area (Å²) >= 11 is 0. The standard InChI is InChI=1S/C13H26N2/c1-10(14-2)8-15(3)9-13-7-11-4-5-12(13)6-11/h10-14H,4-9H2,1-3H3. The molecule has 4 atom stereocenters. The maximum absolute atomic E-state index is 3.31. The molecular weight excluding hydrogens is 184 g/mol. The summed E-state index contributed by atoms with van der Waals surface area (Å²) in [6, 6.07) is 0.619. The van der Waals surface area contributed by atoms with Crippen LogP contribution in [0, 0.1) is 17.8 Å². The zero-order chi connectivity index (χ0) is 10.8. The molecule has 2 nitrogen and oxygen atoms in total. The quantitative estimate of drug-likeness (QED) is 0.746. The summed E-state index contributed by atoms with van der Waals surface area (Å²) in [6.07, 6.45) is 6.10. The molecule has 0 aromatic carbocycles. The van der Waals surface area contributed by atoms with Gasteiger partial charge in [0.05, 0.1) is 0 Å². The van der Waals surface area contributed by atoms with Gasteiger partial charge >= 0.3 is 0 Å². The van der Waals surface area contributed by atoms with Crippen LogP contribution in [0.5, 0.6) is 0 Å². The molecule has 0 aromatic rings. The lowest BCUT2D eigenvalue weighted by Gasteiger charge is -2.28. The first-order valence-electron chi connectivity index (χ1n) is 6.55. The van der Waals surface area contributed by atoms with Gasteiger partial charge in [-0.2, -0.15) is 0 Å². The van der Waals surface area contributed by atoms with E-state index in [-0.39, 0.29) is 0 Å². The second kappa shape index (κ2) is 4.84. The number of hydrogen-bond donors (Lipinski definition) is 1. The first-order valence-corrected chi connectivity index (χ1v) is 6.55. The van der Waals surface area contributed by atoms with Gasteiger partial charge in [0.25, 0.3) is 0 Å². The van der Waals surface area contributed by atoms with Crippen LogP contribution >= 0.6 is 0 Å². The normalized spacial score (nSPS) is 36.4. The lowest BCUT2D eigenvalue weighted by Crippen LogP contribution is -2.38. The van der Waals surface area contributed by atoms with Gasteiger partial charge < -0.3 is 10.2 Å². The van der Waals surface area contributed by atoms with Crippen molar-refractivity contribution in [2.45, 2.75) is 38.6 Å². The van der Waals surface area contributed by atoms with Crippen LogP contribution in [-0.2, 0) is 0 Å². The van der Waals surface area contributed by atoms with Crippen molar-refractivity contribution in [3.8, 4) is 0 Å². The fraction of sp³-hybridized carbons (Fsp3) is 1.00. The van der Waals surface area contributed by atoms with Gasteiger partial charge in [-0.05, 0) is 58.0 Å². The maximum Gasteiger partial charge on any atom is 0.0163 e. The number of rotatable bonds is 5. The van der Waals surface area contributed by atoms with Crippen LogP contribution in [0.3, 0.4) is 0 Å². The molecule has 2 fully saturated rings. The molecule has 0 spiro atoms. The molecular formula is C13H26N2. The van der Waals surface area contributed by atoms with E-state index in [1.54, 1.807) is 6.42 Å². The van der Waals surface area contributed by atoms with Crippen LogP contribution in [0.25, 0.3) is 0 Å². The summed E-state index contributed by atoms with van der Waals surface area (Å²) in [7, 11) is 4.33. The van der Waals surface area contributed by atoms with Gasteiger partial charge in [0, 0.05) is 19.1 Å². The number of hydrogen-bond acceptors (Lipinski definition) is 2. The molecule has 15 heavy (non-hydrogen) atoms. The van der Waals surface area contributed by atoms with E-state index in [9.17, 15) is 0 Å². The van der Waals surface area contributed by atoms with Gasteiger partial charge in [0.1, 0.15) is 0 Å². The number of likely N-dealkylation sites (N-methyl/N-ethyl adjacent to an activating group) is 2. The van der Waals surface area contributed by atoms with E-state index in [0.29, 0.717) is 6.04 Å². The molecule has 2 heteroatoms. The molecule has 1 N–H and O–H groups in total. The van der Waals surface area contributed by atoms with Crippen molar-refractivity contribution >= 4 is 0 Å². The Balaban J connectivity index is 1.72. The molecule has 2 aliphatic carbocycles. The van der Waals surface area contributed by atoms with Crippen LogP contribution in [0.15, 0.2) is 0 Å². The summed E-state index contributed by atoms with van der Waals surface area (Å²) < 4.78 is 0. The third-order valence-corrected chi connectivity index (χ3v) is 4.51. The maximum atomic E-state index is 3.31. The van der Waals surface area contributed by atoms with Gasteiger partial charge in [-0.25, -0.2) is 0 Å². The largest absolute Gasteiger partial charge is 0.316 e. The highest BCUT2D eigenvalue weighted by molar-refractivity contribution is 4.91. The fourth-order valence-electron chi connectivity index (χ4n) is 3.63. The van der Waals surface area contributed by atoms with Crippen molar-refractivity contribution in [2.75, 3.05) is 27.2 Å². The molecule has 0 saturated heterocycles. The molecule has 0 radical (unpaired) electrons. The molecule has 0 heterocycles. The summed E-state index contributed by atoms with van der Waals surface area (Å²) in [6.45, 7) is 4.77. The van der Waals surface area contributed by atoms with E-state index in [2.05, 4.69) is 31.2 Å². The van der Waals surface area contributed by atoms with Crippen molar-refractivity contribution < 1.29 is 0 Å². The Hall–Kier alpha value is -0.0800. The van der Waals surface area contributed by atoms with E-state index in [4.69, 9.17) is 0 Å². The minimum atomic E-state index is 0.619. The minimum absolute atomic E-state index is 0.619. The summed E-state index contributed by atoms with van der Waals surface area (Å²) in [5.74, 6) is 3.18. The number of fused-ring (bicyclic) bond motifs is 2. The monoisotopic (exact) mass is 210 g/mol. The molecule has 4 unspecified atom stereocenters. The Bertz CT molecular complexity index is 205. The third-order valence-electron chi connectivity index (χ3n) is 4.51. The van der Waals surface area contributed by atoms with Gasteiger partial charge in [-0.3, -0.25) is 0 Å². The molecule has 2 saturated carbocycles. The molecule has 0 aliphatic heterocycles. The van der Waals surface area contributed by atoms with E-state index in [1.807, 2.05) is 0 Å². The Kier molecular flexibility index (Phi) is 3.68. The molecule has 0 aromatic heterocycles. The number of nitrogens with one attached hydrogen (secondary N) is 1. The smallest absolute Gasteiger partial charge is 0.0163 e. The second-order valence-electron chi connectivity index (χ2n) is 5.85. The van der Waals surface area contributed by atoms with E-state index >= 15 is 0 Å². The van der Waals surface area contributed by atoms with Gasteiger partial charge in [0.2, 0.25) is 0 Å². The Morgan fingerprint density at radius 1 is 1.33 bits per heavy atom. The average molecular weight is 210 g/mol. The summed E-state index contributed by atoms with van der Waals surface area (Å²) in [5.41, 5.74) is 0. The van der Waals surface area contributed by atoms with Crippen molar-refractivity contribution in [1.29, 1.82) is 0 Å². The van der Waals surface area contributed by atoms with Crippen LogP contribution in [-0.4, -0.2) is 38.1 Å². The highest BCUT2D eigenvalue weighted by Gasteiger charge is 2.39. The van der Waals surface area contributed by atoms with Crippen LogP contribution in [0.2, 0.25) is 0 Å². The predicted octanol–water partition coefficient (Wildman–Crippen LogP) is 1.96. The predicted molar refractivity (Wildman–Crippen MR) is 65.0 cm³/mol. The van der Waals surface area contributed by atoms with E-state index < -0.39 is 0 Å². The molecule has 2 bridgehead atoms. The molecule has 2 aliphatic rings. The van der Waals surface area contributed by atoms with Gasteiger partial charge in [-0.1, -0.05) is 6.42 Å². The first-order chi connectivity index (χ1) is 7.19. The van der Waals surface area contributed by atoms with Crippen molar-refractivity contribution in [2.24, 2.45) is 17.8 Å². The van der Waals surface area contributed by atoms with Crippen molar-refractivity contribution in [3.63, 3.8) is 0 Å². The Morgan fingerprint density at radius 2 is 2.13 bits per heavy atom. The number of nitrogens with zero attached hydrogens (tertiary/aromatic N) is 1. The van der Waals surface area contributed by atoms with E-state index in [0.717, 1.165) is 17.8 Å². The topological polar surface area (TPSA) is 15.3 Å². The summed E-state index contributed by atoms with van der Waals surface area (Å²) in [4.78, 5) is 2.52. The highest BCUT2D eigenvalue weighted by atomic mass is 15.1. The van der Waals surface area contributed by atoms with E-state index in [1.165, 1.54) is 32.4 Å². The highest BCUT2D eigenvalue weighted by Crippen LogP contribution is 2.48. The van der Waals surface area contributed by atoms with Crippen molar-refractivity contribution in [3.05, 3.63) is 0 Å². The minimum Gasteiger partial charge on any atom is -0.316 e. The second-order valence-corrected chi connectivity index (χ2v) is 5.85. The molecule has 2 rings (SSSR count). The molecule has 0 amide bonds. The zero-order valence-electron chi connectivity index (χ0n) is 10.5. The Labute approximate surface area is 94.4 Å². The van der Waals surface area contributed by atoms with Gasteiger partial charge in [-0.15, -0.1) is 0 Å². The molecule has 88 valence electrons. The van der Waals surface area contributed by atoms with Crippen LogP contribution in [0.4, 0.5) is 0 Å². The third kappa shape index (κ3) is 2.73. The Morgan fingerprint density at radius 3 is 2.67 bits per heavy atom. The first kappa shape index (κ1) is 11.4. The van der Waals surface area contributed by atoms with Crippen molar-refractivity contribution in [1.82, 2.24) is 10.2 Å². The fourth-order valence-corrected chi connectivity index (χ4v) is 3.63. The van der Waals surface area contributed by atoms with Crippen LogP contribution < -0.4 is 5.32 Å². The lowest BCUT2D eigenvalue weighted by atomic mass is 9.88. The lowest BCUT2D eigenvalue weighted by molar-refractivity contribution is 0.209.